The molecule has 3 rings (SSSR count). The van der Waals surface area contributed by atoms with Gasteiger partial charge in [-0.3, -0.25) is 4.79 Å². The summed E-state index contributed by atoms with van der Waals surface area (Å²) in [5, 5.41) is 56.0. The van der Waals surface area contributed by atoms with Crippen LogP contribution < -0.4 is 5.32 Å². The molecule has 6 N–H and O–H groups in total. The molecule has 43 heavy (non-hydrogen) atoms. The Hall–Kier alpha value is -2.74. The number of amides is 1. The van der Waals surface area contributed by atoms with Gasteiger partial charge in [-0.15, -0.1) is 6.58 Å². The van der Waals surface area contributed by atoms with E-state index >= 15 is 0 Å². The molecule has 0 aliphatic carbocycles. The molecule has 0 spiro atoms. The molecule has 0 aromatic heterocycles. The second-order valence-electron chi connectivity index (χ2n) is 12.5. The van der Waals surface area contributed by atoms with E-state index in [1.165, 1.54) is 14.2 Å². The van der Waals surface area contributed by atoms with Crippen LogP contribution in [-0.4, -0.2) is 101 Å². The van der Waals surface area contributed by atoms with Gasteiger partial charge in [0.25, 0.3) is 5.91 Å². The molecule has 0 saturated carbocycles. The number of aliphatic hydroxyl groups excluding tert-OH is 3. The van der Waals surface area contributed by atoms with Crippen molar-refractivity contribution in [2.45, 2.75) is 109 Å². The standard InChI is InChI=1S/C31H47NO11/c1-14(2)9-22(40-7)27(37)28(38)32-29(41-8)23-13-24(36)31(5,6)25(42-23)12-19(34)16(4)21-10-17-15(3)18(33)11-20(35)26(17)30(39)43-21/h11,16,19,21-25,27,29,33-37H,1,9-10,12-13H2,2-8H3,(H,32,38)/t16-,19?,21?,22-,23?,24-,25-,27+,29?/m1/s1. The van der Waals surface area contributed by atoms with Crippen molar-refractivity contribution in [3.63, 3.8) is 0 Å². The molecule has 2 heterocycles. The lowest BCUT2D eigenvalue weighted by atomic mass is 9.73. The minimum absolute atomic E-state index is 0.00479. The van der Waals surface area contributed by atoms with Gasteiger partial charge in [0.1, 0.15) is 29.3 Å². The van der Waals surface area contributed by atoms with E-state index in [-0.39, 0.29) is 42.7 Å². The van der Waals surface area contributed by atoms with Crippen LogP contribution in [0, 0.1) is 18.3 Å². The van der Waals surface area contributed by atoms with E-state index in [9.17, 15) is 35.1 Å². The number of carbonyl (C=O) groups excluding carboxylic acids is 2. The van der Waals surface area contributed by atoms with E-state index in [0.29, 0.717) is 11.1 Å². The Morgan fingerprint density at radius 2 is 1.84 bits per heavy atom. The van der Waals surface area contributed by atoms with Crippen LogP contribution in [-0.2, 0) is 30.2 Å². The molecule has 0 bridgehead atoms. The number of phenolic OH excluding ortho intramolecular Hbond substituents is 2. The molecule has 1 aromatic carbocycles. The van der Waals surface area contributed by atoms with Crippen LogP contribution in [0.1, 0.15) is 68.4 Å². The van der Waals surface area contributed by atoms with Crippen molar-refractivity contribution in [3.8, 4) is 11.5 Å². The minimum Gasteiger partial charge on any atom is -0.508 e. The number of ether oxygens (including phenoxy) is 4. The predicted octanol–water partition coefficient (Wildman–Crippen LogP) is 1.85. The van der Waals surface area contributed by atoms with E-state index in [1.807, 2.05) is 13.8 Å². The summed E-state index contributed by atoms with van der Waals surface area (Å²) in [4.78, 5) is 25.6. The average molecular weight is 610 g/mol. The lowest BCUT2D eigenvalue weighted by Gasteiger charge is -2.48. The maximum absolute atomic E-state index is 12.9. The average Bonchev–Trinajstić information content (AvgIpc) is 2.94. The number of esters is 1. The molecule has 12 nitrogen and oxygen atoms in total. The summed E-state index contributed by atoms with van der Waals surface area (Å²) in [6, 6.07) is 1.10. The number of methoxy groups -OCH3 is 2. The summed E-state index contributed by atoms with van der Waals surface area (Å²) in [6.07, 6.45) is -6.89. The monoisotopic (exact) mass is 609 g/mol. The number of nitrogens with one attached hydrogen (secondary N) is 1. The number of aromatic hydroxyl groups is 2. The van der Waals surface area contributed by atoms with Crippen LogP contribution in [0.25, 0.3) is 0 Å². The lowest BCUT2D eigenvalue weighted by Crippen LogP contribution is -2.59. The van der Waals surface area contributed by atoms with Crippen LogP contribution in [0.4, 0.5) is 0 Å². The zero-order chi connectivity index (χ0) is 32.4. The molecule has 4 unspecified atom stereocenters. The summed E-state index contributed by atoms with van der Waals surface area (Å²) in [7, 11) is 2.76. The second-order valence-corrected chi connectivity index (χ2v) is 12.5. The third kappa shape index (κ3) is 7.50. The van der Waals surface area contributed by atoms with E-state index in [1.54, 1.807) is 20.8 Å². The van der Waals surface area contributed by atoms with Gasteiger partial charge in [0.15, 0.2) is 12.3 Å². The normalized spacial score (nSPS) is 26.8. The van der Waals surface area contributed by atoms with Gasteiger partial charge < -0.3 is 49.8 Å². The minimum atomic E-state index is -1.50. The Kier molecular flexibility index (Phi) is 11.2. The number of cyclic esters (lactones) is 1. The summed E-state index contributed by atoms with van der Waals surface area (Å²) in [6.45, 7) is 12.6. The van der Waals surface area contributed by atoms with Gasteiger partial charge in [-0.25, -0.2) is 4.79 Å². The molecule has 12 heteroatoms. The first-order valence-electron chi connectivity index (χ1n) is 14.5. The number of rotatable bonds is 12. The highest BCUT2D eigenvalue weighted by atomic mass is 16.6. The van der Waals surface area contributed by atoms with Crippen LogP contribution >= 0.6 is 0 Å². The van der Waals surface area contributed by atoms with Crippen molar-refractivity contribution in [1.82, 2.24) is 5.32 Å². The smallest absolute Gasteiger partial charge is 0.342 e. The van der Waals surface area contributed by atoms with E-state index in [2.05, 4.69) is 11.9 Å². The number of aliphatic hydroxyl groups is 3. The van der Waals surface area contributed by atoms with Gasteiger partial charge in [0, 0.05) is 50.9 Å². The summed E-state index contributed by atoms with van der Waals surface area (Å²) in [5.41, 5.74) is 0.851. The molecule has 1 saturated heterocycles. The SMILES string of the molecule is C=C(C)C[C@@H](OC)[C@H](O)C(=O)NC(OC)C1C[C@@H](O)C(C)(C)[C@@H](CC(O)[C@@H](C)C2Cc3c(C)c(O)cc(O)c3C(=O)O2)O1. The zero-order valence-electron chi connectivity index (χ0n) is 26.0. The highest BCUT2D eigenvalue weighted by Gasteiger charge is 2.48. The first-order valence-corrected chi connectivity index (χ1v) is 14.5. The highest BCUT2D eigenvalue weighted by molar-refractivity contribution is 5.96. The molecule has 1 amide bonds. The summed E-state index contributed by atoms with van der Waals surface area (Å²) >= 11 is 0. The van der Waals surface area contributed by atoms with Gasteiger partial charge in [-0.1, -0.05) is 26.3 Å². The fourth-order valence-electron chi connectivity index (χ4n) is 5.80. The van der Waals surface area contributed by atoms with Crippen LogP contribution in [0.15, 0.2) is 18.2 Å². The number of fused-ring (bicyclic) bond motifs is 1. The molecule has 0 radical (unpaired) electrons. The first-order chi connectivity index (χ1) is 20.0. The van der Waals surface area contributed by atoms with Gasteiger partial charge in [-0.2, -0.15) is 0 Å². The van der Waals surface area contributed by atoms with E-state index < -0.39 is 72.2 Å². The van der Waals surface area contributed by atoms with E-state index in [4.69, 9.17) is 18.9 Å². The van der Waals surface area contributed by atoms with Gasteiger partial charge in [-0.05, 0) is 31.4 Å². The topological polar surface area (TPSA) is 184 Å². The summed E-state index contributed by atoms with van der Waals surface area (Å²) in [5.74, 6) is -2.57. The van der Waals surface area contributed by atoms with Crippen molar-refractivity contribution < 1.29 is 54.1 Å². The quantitative estimate of drug-likeness (QED) is 0.115. The van der Waals surface area contributed by atoms with Gasteiger partial charge in [0.05, 0.1) is 24.4 Å². The number of carbonyl (C=O) groups is 2. The third-order valence-corrected chi connectivity index (χ3v) is 9.02. The second kappa shape index (κ2) is 13.9. The van der Waals surface area contributed by atoms with Crippen LogP contribution in [0.2, 0.25) is 0 Å². The third-order valence-electron chi connectivity index (χ3n) is 9.02. The van der Waals surface area contributed by atoms with Crippen molar-refractivity contribution in [1.29, 1.82) is 0 Å². The lowest BCUT2D eigenvalue weighted by molar-refractivity contribution is -0.217. The number of hydrogen-bond acceptors (Lipinski definition) is 11. The molecule has 2 aliphatic heterocycles. The van der Waals surface area contributed by atoms with Gasteiger partial charge in [0.2, 0.25) is 0 Å². The van der Waals surface area contributed by atoms with Crippen molar-refractivity contribution in [2.75, 3.05) is 14.2 Å². The largest absolute Gasteiger partial charge is 0.508 e. The maximum Gasteiger partial charge on any atom is 0.342 e. The Labute approximate surface area is 252 Å². The summed E-state index contributed by atoms with van der Waals surface area (Å²) < 4.78 is 22.7. The highest BCUT2D eigenvalue weighted by Crippen LogP contribution is 2.42. The van der Waals surface area contributed by atoms with Crippen LogP contribution in [0.3, 0.4) is 0 Å². The Morgan fingerprint density at radius 1 is 1.19 bits per heavy atom. The molecule has 1 fully saturated rings. The molecule has 9 atom stereocenters. The number of phenols is 2. The van der Waals surface area contributed by atoms with Crippen molar-refractivity contribution in [2.24, 2.45) is 11.3 Å². The fourth-order valence-corrected chi connectivity index (χ4v) is 5.80. The fraction of sp³-hybridized carbons (Fsp3) is 0.677. The number of hydrogen-bond donors (Lipinski definition) is 6. The van der Waals surface area contributed by atoms with Gasteiger partial charge >= 0.3 is 5.97 Å². The molecule has 1 aromatic rings. The Bertz CT molecular complexity index is 1180. The predicted molar refractivity (Wildman–Crippen MR) is 155 cm³/mol. The molecular formula is C31H47NO11. The van der Waals surface area contributed by atoms with Crippen molar-refractivity contribution >= 4 is 11.9 Å². The zero-order valence-corrected chi connectivity index (χ0v) is 26.0. The number of benzene rings is 1. The molecule has 242 valence electrons. The molecular weight excluding hydrogens is 562 g/mol. The maximum atomic E-state index is 12.9. The Morgan fingerprint density at radius 3 is 2.42 bits per heavy atom. The molecule has 2 aliphatic rings. The van der Waals surface area contributed by atoms with Crippen molar-refractivity contribution in [3.05, 3.63) is 34.9 Å². The first kappa shape index (κ1) is 34.7. The van der Waals surface area contributed by atoms with Crippen LogP contribution in [0.5, 0.6) is 11.5 Å². The van der Waals surface area contributed by atoms with E-state index in [0.717, 1.165) is 11.6 Å². The Balaban J connectivity index is 1.73.